The standard InChI is InChI=1S/C3H5NO2.C2H6.H2/c5-3-4-1-2-6-3;1-2;/h1-2H2,(H,4,5);1-2H3;1H. The monoisotopic (exact) mass is 119 g/mol. The molecule has 0 aromatic carbocycles. The lowest BCUT2D eigenvalue weighted by molar-refractivity contribution is 0.178. The van der Waals surface area contributed by atoms with E-state index in [1.807, 2.05) is 13.8 Å². The summed E-state index contributed by atoms with van der Waals surface area (Å²) in [4.78, 5) is 9.91. The summed E-state index contributed by atoms with van der Waals surface area (Å²) in [6.07, 6.45) is -0.296. The molecular formula is C5H13NO2. The summed E-state index contributed by atoms with van der Waals surface area (Å²) in [7, 11) is 0. The Balaban J connectivity index is 0. The van der Waals surface area contributed by atoms with Crippen molar-refractivity contribution >= 4 is 6.09 Å². The van der Waals surface area contributed by atoms with Crippen LogP contribution in [0.2, 0.25) is 0 Å². The number of amides is 1. The van der Waals surface area contributed by atoms with Gasteiger partial charge in [0.05, 0.1) is 6.54 Å². The Kier molecular flexibility index (Phi) is 4.03. The first kappa shape index (κ1) is 7.27. The molecule has 1 heterocycles. The molecular weight excluding hydrogens is 106 g/mol. The zero-order valence-electron chi connectivity index (χ0n) is 5.23. The Hall–Kier alpha value is -0.730. The largest absolute Gasteiger partial charge is 0.448 e. The Labute approximate surface area is 50.5 Å². The second-order valence-electron chi connectivity index (χ2n) is 1.06. The maximum atomic E-state index is 9.91. The van der Waals surface area contributed by atoms with Gasteiger partial charge >= 0.3 is 6.09 Å². The van der Waals surface area contributed by atoms with Crippen molar-refractivity contribution in [3.63, 3.8) is 0 Å². The first-order valence-electron chi connectivity index (χ1n) is 2.80. The van der Waals surface area contributed by atoms with Crippen LogP contribution in [0.1, 0.15) is 15.3 Å². The number of nitrogens with one attached hydrogen (secondary N) is 1. The van der Waals surface area contributed by atoms with Crippen molar-refractivity contribution in [3.8, 4) is 0 Å². The minimum absolute atomic E-state index is 0. The smallest absolute Gasteiger partial charge is 0.407 e. The van der Waals surface area contributed by atoms with E-state index in [0.717, 1.165) is 0 Å². The average Bonchev–Trinajstić information content (AvgIpc) is 2.24. The molecule has 1 aliphatic heterocycles. The second kappa shape index (κ2) is 4.43. The third-order valence-corrected chi connectivity index (χ3v) is 0.605. The topological polar surface area (TPSA) is 38.3 Å². The van der Waals surface area contributed by atoms with Crippen LogP contribution in [0.4, 0.5) is 4.79 Å². The van der Waals surface area contributed by atoms with Crippen LogP contribution in [-0.2, 0) is 4.74 Å². The number of carbonyl (C=O) groups is 1. The van der Waals surface area contributed by atoms with Crippen molar-refractivity contribution < 1.29 is 11.0 Å². The summed E-state index contributed by atoms with van der Waals surface area (Å²) >= 11 is 0. The molecule has 0 radical (unpaired) electrons. The van der Waals surface area contributed by atoms with Gasteiger partial charge < -0.3 is 10.1 Å². The first-order valence-corrected chi connectivity index (χ1v) is 2.80. The van der Waals surface area contributed by atoms with Gasteiger partial charge in [-0.3, -0.25) is 0 Å². The lowest BCUT2D eigenvalue weighted by Crippen LogP contribution is -2.11. The molecule has 1 fully saturated rings. The molecule has 3 nitrogen and oxygen atoms in total. The predicted octanol–water partition coefficient (Wildman–Crippen LogP) is 0.998. The normalized spacial score (nSPS) is 15.5. The number of alkyl carbamates (subject to hydrolysis) is 1. The van der Waals surface area contributed by atoms with Crippen LogP contribution in [-0.4, -0.2) is 19.2 Å². The van der Waals surface area contributed by atoms with Crippen molar-refractivity contribution in [2.24, 2.45) is 0 Å². The summed E-state index contributed by atoms with van der Waals surface area (Å²) in [6.45, 7) is 5.19. The zero-order chi connectivity index (χ0) is 6.41. The highest BCUT2D eigenvalue weighted by Crippen LogP contribution is 1.82. The molecule has 0 aromatic rings. The van der Waals surface area contributed by atoms with Crippen LogP contribution in [0.5, 0.6) is 0 Å². The van der Waals surface area contributed by atoms with E-state index in [1.165, 1.54) is 0 Å². The third-order valence-electron chi connectivity index (χ3n) is 0.605. The molecule has 1 N–H and O–H groups in total. The van der Waals surface area contributed by atoms with Gasteiger partial charge in [-0.2, -0.15) is 0 Å². The molecule has 50 valence electrons. The van der Waals surface area contributed by atoms with Crippen LogP contribution in [0.25, 0.3) is 0 Å². The fraction of sp³-hybridized carbons (Fsp3) is 0.800. The van der Waals surface area contributed by atoms with E-state index in [9.17, 15) is 4.79 Å². The van der Waals surface area contributed by atoms with Gasteiger partial charge in [0.25, 0.3) is 0 Å². The molecule has 0 unspecified atom stereocenters. The molecule has 8 heavy (non-hydrogen) atoms. The highest BCUT2D eigenvalue weighted by molar-refractivity contribution is 5.68. The lowest BCUT2D eigenvalue weighted by Gasteiger charge is -1.80. The molecule has 0 spiro atoms. The van der Waals surface area contributed by atoms with E-state index in [4.69, 9.17) is 0 Å². The van der Waals surface area contributed by atoms with Crippen LogP contribution in [0.15, 0.2) is 0 Å². The quantitative estimate of drug-likeness (QED) is 0.516. The van der Waals surface area contributed by atoms with E-state index >= 15 is 0 Å². The van der Waals surface area contributed by atoms with Crippen LogP contribution < -0.4 is 5.32 Å². The molecule has 0 aliphatic carbocycles. The highest BCUT2D eigenvalue weighted by atomic mass is 16.6. The molecule has 0 atom stereocenters. The fourth-order valence-electron chi connectivity index (χ4n) is 0.348. The fourth-order valence-corrected chi connectivity index (χ4v) is 0.348. The highest BCUT2D eigenvalue weighted by Gasteiger charge is 2.06. The van der Waals surface area contributed by atoms with E-state index < -0.39 is 0 Å². The molecule has 3 heteroatoms. The molecule has 1 saturated heterocycles. The average molecular weight is 119 g/mol. The van der Waals surface area contributed by atoms with E-state index in [1.54, 1.807) is 0 Å². The van der Waals surface area contributed by atoms with Gasteiger partial charge in [0.15, 0.2) is 0 Å². The van der Waals surface area contributed by atoms with E-state index in [-0.39, 0.29) is 7.52 Å². The summed E-state index contributed by atoms with van der Waals surface area (Å²) in [5, 5.41) is 2.46. The summed E-state index contributed by atoms with van der Waals surface area (Å²) in [6, 6.07) is 0. The number of hydrogen-bond donors (Lipinski definition) is 1. The van der Waals surface area contributed by atoms with Crippen molar-refractivity contribution in [1.82, 2.24) is 5.32 Å². The number of rotatable bonds is 0. The number of carbonyl (C=O) groups excluding carboxylic acids is 1. The zero-order valence-corrected chi connectivity index (χ0v) is 5.23. The molecule has 0 bridgehead atoms. The molecule has 0 aromatic heterocycles. The molecule has 0 saturated carbocycles. The maximum Gasteiger partial charge on any atom is 0.407 e. The second-order valence-corrected chi connectivity index (χ2v) is 1.06. The Morgan fingerprint density at radius 2 is 2.38 bits per heavy atom. The Bertz CT molecular complexity index is 69.4. The van der Waals surface area contributed by atoms with Gasteiger partial charge in [0, 0.05) is 1.43 Å². The minimum Gasteiger partial charge on any atom is -0.448 e. The van der Waals surface area contributed by atoms with E-state index in [0.29, 0.717) is 13.2 Å². The lowest BCUT2D eigenvalue weighted by atomic mass is 10.7. The van der Waals surface area contributed by atoms with Gasteiger partial charge in [-0.1, -0.05) is 13.8 Å². The SMILES string of the molecule is CC.O=C1NCCO1.[HH]. The minimum atomic E-state index is -0.296. The number of ether oxygens (including phenoxy) is 1. The van der Waals surface area contributed by atoms with Gasteiger partial charge in [-0.25, -0.2) is 4.79 Å². The number of hydrogen-bond acceptors (Lipinski definition) is 2. The summed E-state index contributed by atoms with van der Waals surface area (Å²) in [5.74, 6) is 0. The van der Waals surface area contributed by atoms with Gasteiger partial charge in [0.2, 0.25) is 0 Å². The van der Waals surface area contributed by atoms with Gasteiger partial charge in [-0.15, -0.1) is 0 Å². The van der Waals surface area contributed by atoms with Crippen LogP contribution >= 0.6 is 0 Å². The van der Waals surface area contributed by atoms with Gasteiger partial charge in [0.1, 0.15) is 6.61 Å². The first-order chi connectivity index (χ1) is 3.89. The van der Waals surface area contributed by atoms with Crippen molar-refractivity contribution in [1.29, 1.82) is 0 Å². The Morgan fingerprint density at radius 3 is 2.50 bits per heavy atom. The number of cyclic esters (lactones) is 1. The van der Waals surface area contributed by atoms with Gasteiger partial charge in [-0.05, 0) is 0 Å². The Morgan fingerprint density at radius 1 is 1.75 bits per heavy atom. The molecule has 1 rings (SSSR count). The van der Waals surface area contributed by atoms with Crippen molar-refractivity contribution in [2.45, 2.75) is 13.8 Å². The maximum absolute atomic E-state index is 9.91. The third kappa shape index (κ3) is 2.44. The summed E-state index contributed by atoms with van der Waals surface area (Å²) < 4.78 is 4.40. The van der Waals surface area contributed by atoms with Crippen molar-refractivity contribution in [3.05, 3.63) is 0 Å². The van der Waals surface area contributed by atoms with E-state index in [2.05, 4.69) is 10.1 Å². The molecule has 1 amide bonds. The summed E-state index contributed by atoms with van der Waals surface area (Å²) in [5.41, 5.74) is 0. The van der Waals surface area contributed by atoms with Crippen LogP contribution in [0, 0.1) is 0 Å². The van der Waals surface area contributed by atoms with Crippen LogP contribution in [0.3, 0.4) is 0 Å². The van der Waals surface area contributed by atoms with Crippen molar-refractivity contribution in [2.75, 3.05) is 13.2 Å². The molecule has 1 aliphatic rings. The predicted molar refractivity (Wildman–Crippen MR) is 32.8 cm³/mol.